The highest BCUT2D eigenvalue weighted by atomic mass is 16.7. The highest BCUT2D eigenvalue weighted by Crippen LogP contribution is 2.35. The summed E-state index contributed by atoms with van der Waals surface area (Å²) in [6, 6.07) is 74.2. The van der Waals surface area contributed by atoms with Crippen molar-refractivity contribution < 1.29 is 62.2 Å². The number of benzene rings is 9. The van der Waals surface area contributed by atoms with Gasteiger partial charge in [-0.3, -0.25) is 0 Å². The van der Waals surface area contributed by atoms with E-state index in [1.807, 2.05) is 91.0 Å². The fourth-order valence-corrected chi connectivity index (χ4v) is 7.81. The van der Waals surface area contributed by atoms with E-state index in [9.17, 15) is 24.3 Å². The number of para-hydroxylation sites is 4. The van der Waals surface area contributed by atoms with Crippen LogP contribution in [0.2, 0.25) is 0 Å². The van der Waals surface area contributed by atoms with E-state index in [0.29, 0.717) is 46.0 Å². The molecule has 9 aromatic carbocycles. The molecule has 0 amide bonds. The van der Waals surface area contributed by atoms with E-state index in [4.69, 9.17) is 37.9 Å². The fraction of sp³-hybridized carbons (Fsp3) is 0.0986. The third kappa shape index (κ3) is 19.7. The van der Waals surface area contributed by atoms with Crippen molar-refractivity contribution in [1.82, 2.24) is 0 Å². The number of rotatable bonds is 12. The quantitative estimate of drug-likeness (QED) is 0.0699. The lowest BCUT2D eigenvalue weighted by molar-refractivity contribution is 0.129. The Morgan fingerprint density at radius 1 is 0.333 bits per heavy atom. The van der Waals surface area contributed by atoms with Crippen molar-refractivity contribution in [1.29, 1.82) is 0 Å². The number of carbonyl (C=O) groups excluding carboxylic acids is 4. The Hall–Kier alpha value is -11.0. The van der Waals surface area contributed by atoms with Crippen molar-refractivity contribution in [2.45, 2.75) is 45.4 Å². The van der Waals surface area contributed by atoms with E-state index in [0.717, 1.165) is 22.3 Å². The van der Waals surface area contributed by atoms with Crippen LogP contribution < -0.4 is 33.2 Å². The maximum absolute atomic E-state index is 12.0. The summed E-state index contributed by atoms with van der Waals surface area (Å²) in [6.45, 7) is 10.4. The second-order valence-corrected chi connectivity index (χ2v) is 19.3. The summed E-state index contributed by atoms with van der Waals surface area (Å²) in [5.74, 6) is 3.56. The summed E-state index contributed by atoms with van der Waals surface area (Å²) in [4.78, 5) is 47.2. The number of hydrogen-bond acceptors (Lipinski definition) is 13. The minimum Gasteiger partial charge on any atom is -0.508 e. The van der Waals surface area contributed by atoms with Crippen LogP contribution in [0.15, 0.2) is 279 Å². The molecule has 0 saturated heterocycles. The van der Waals surface area contributed by atoms with E-state index in [1.54, 1.807) is 170 Å². The monoisotopic (exact) mass is 1120 g/mol. The van der Waals surface area contributed by atoms with Gasteiger partial charge in [0.15, 0.2) is 0 Å². The van der Waals surface area contributed by atoms with Crippen molar-refractivity contribution in [3.63, 3.8) is 0 Å². The predicted molar refractivity (Wildman–Crippen MR) is 321 cm³/mol. The van der Waals surface area contributed by atoms with E-state index < -0.39 is 24.6 Å². The number of aryl methyl sites for hydroxylation is 1. The summed E-state index contributed by atoms with van der Waals surface area (Å²) in [7, 11) is 0. The second kappa shape index (κ2) is 30.5. The van der Waals surface area contributed by atoms with Crippen molar-refractivity contribution in [2.75, 3.05) is 0 Å². The van der Waals surface area contributed by atoms with E-state index >= 15 is 0 Å². The van der Waals surface area contributed by atoms with Gasteiger partial charge in [0.25, 0.3) is 0 Å². The smallest absolute Gasteiger partial charge is 0.508 e. The predicted octanol–water partition coefficient (Wildman–Crippen LogP) is 17.5. The summed E-state index contributed by atoms with van der Waals surface area (Å²) < 4.78 is 41.0. The Bertz CT molecular complexity index is 3540. The van der Waals surface area contributed by atoms with Gasteiger partial charge in [0.1, 0.15) is 58.1 Å². The molecule has 0 saturated carbocycles. The first-order valence-electron chi connectivity index (χ1n) is 26.5. The normalized spacial score (nSPS) is 11.0. The first-order valence-corrected chi connectivity index (χ1v) is 26.5. The van der Waals surface area contributed by atoms with Gasteiger partial charge in [0.2, 0.25) is 5.76 Å². The van der Waals surface area contributed by atoms with E-state index in [2.05, 4.69) is 52.8 Å². The van der Waals surface area contributed by atoms with Crippen LogP contribution in [0.25, 0.3) is 0 Å². The SMILES string of the molecule is CC(C)(c1ccc(O)cc1)c1ccc(OC(=O)Oc2ccccc2)cc1.CC(C)(c1ccc(OC(=O)OC2=CC=[C+]C=C2)cc1)c1ccc(OC(=O)Oc2ccccc2)cc1.Cc1ccccc1.O=C(Oc1ccccc1)Oc1ccccc1. The van der Waals surface area contributed by atoms with Gasteiger partial charge >= 0.3 is 24.6 Å². The molecule has 1 aliphatic rings. The zero-order valence-corrected chi connectivity index (χ0v) is 46.8. The summed E-state index contributed by atoms with van der Waals surface area (Å²) >= 11 is 0. The molecule has 13 heteroatoms. The highest BCUT2D eigenvalue weighted by molar-refractivity contribution is 5.69. The molecule has 1 N–H and O–H groups in total. The van der Waals surface area contributed by atoms with Gasteiger partial charge in [-0.05, 0) is 126 Å². The molecule has 0 bridgehead atoms. The van der Waals surface area contributed by atoms with Gasteiger partial charge in [0, 0.05) is 16.9 Å². The Morgan fingerprint density at radius 3 is 0.833 bits per heavy atom. The lowest BCUT2D eigenvalue weighted by Gasteiger charge is -2.26. The van der Waals surface area contributed by atoms with Crippen LogP contribution in [0.1, 0.15) is 55.5 Å². The van der Waals surface area contributed by atoms with Gasteiger partial charge in [0.05, 0.1) is 12.2 Å². The molecule has 9 aromatic rings. The molecule has 13 nitrogen and oxygen atoms in total. The lowest BCUT2D eigenvalue weighted by Crippen LogP contribution is -2.19. The number of carbonyl (C=O) groups is 4. The summed E-state index contributed by atoms with van der Waals surface area (Å²) in [5.41, 5.74) is 4.87. The fourth-order valence-electron chi connectivity index (χ4n) is 7.81. The van der Waals surface area contributed by atoms with Gasteiger partial charge in [-0.1, -0.05) is 185 Å². The van der Waals surface area contributed by atoms with Crippen LogP contribution in [0.5, 0.6) is 46.0 Å². The van der Waals surface area contributed by atoms with Gasteiger partial charge in [-0.15, -0.1) is 0 Å². The van der Waals surface area contributed by atoms with Gasteiger partial charge < -0.3 is 43.0 Å². The van der Waals surface area contributed by atoms with Crippen LogP contribution in [-0.2, 0) is 15.6 Å². The first kappa shape index (κ1) is 60.6. The number of hydrogen-bond donors (Lipinski definition) is 1. The highest BCUT2D eigenvalue weighted by Gasteiger charge is 2.25. The molecule has 0 aromatic heterocycles. The number of allylic oxidation sites excluding steroid dienone is 5. The van der Waals surface area contributed by atoms with Crippen molar-refractivity contribution in [2.24, 2.45) is 0 Å². The molecule has 0 heterocycles. The number of ether oxygens (including phenoxy) is 8. The standard InChI is InChI=1S/C29H23O6.C22H20O4.C13H10O3.C7H8/c1-29(2,21-13-17-25(18-14-21)34-27(30)32-23-9-5-3-6-10-23)22-15-19-26(20-16-22)35-28(31)33-24-11-7-4-8-12-24;1-22(2,16-8-12-18(23)13-9-16)17-10-14-20(15-11-17)26-21(24)25-19-6-4-3-5-7-19;14-13(15-11-7-3-1-4-8-11)16-12-9-5-2-6-10-12;1-7-5-3-2-4-6-7/h3,5-20H,1-2H3;3-15,23H,1-2H3;1-10H;2-6H,1H3/q+1;;;. The second-order valence-electron chi connectivity index (χ2n) is 19.3. The van der Waals surface area contributed by atoms with Crippen LogP contribution in [0, 0.1) is 13.0 Å². The van der Waals surface area contributed by atoms with Crippen LogP contribution in [0.4, 0.5) is 19.2 Å². The number of phenols is 1. The Balaban J connectivity index is 0.000000180. The Morgan fingerprint density at radius 2 is 0.583 bits per heavy atom. The molecule has 0 aliphatic heterocycles. The third-order valence-electron chi connectivity index (χ3n) is 12.5. The minimum absolute atomic E-state index is 0.241. The molecule has 0 radical (unpaired) electrons. The number of aromatic hydroxyl groups is 1. The molecule has 84 heavy (non-hydrogen) atoms. The largest absolute Gasteiger partial charge is 0.521 e. The summed E-state index contributed by atoms with van der Waals surface area (Å²) in [6.07, 6.45) is 6.25. The molecule has 422 valence electrons. The molecule has 0 fully saturated rings. The van der Waals surface area contributed by atoms with Crippen molar-refractivity contribution >= 4 is 24.6 Å². The first-order chi connectivity index (χ1) is 40.6. The van der Waals surface area contributed by atoms with Crippen LogP contribution in [0.3, 0.4) is 0 Å². The average Bonchev–Trinajstić information content (AvgIpc) is 3.61. The van der Waals surface area contributed by atoms with Crippen LogP contribution in [-0.4, -0.2) is 29.7 Å². The van der Waals surface area contributed by atoms with Gasteiger partial charge in [-0.25, -0.2) is 19.2 Å². The van der Waals surface area contributed by atoms with E-state index in [-0.39, 0.29) is 16.6 Å². The molecular formula is C71H61O13+. The molecule has 1 aliphatic carbocycles. The molecule has 10 rings (SSSR count). The zero-order chi connectivity index (χ0) is 59.6. The van der Waals surface area contributed by atoms with Crippen molar-refractivity contribution in [3.8, 4) is 46.0 Å². The summed E-state index contributed by atoms with van der Waals surface area (Å²) in [5, 5.41) is 9.46. The molecule has 0 spiro atoms. The van der Waals surface area contributed by atoms with E-state index in [1.165, 1.54) is 5.56 Å². The van der Waals surface area contributed by atoms with Crippen molar-refractivity contribution in [3.05, 3.63) is 313 Å². The topological polar surface area (TPSA) is 162 Å². The number of phenolic OH excluding ortho intramolecular Hbond substituents is 1. The maximum atomic E-state index is 12.0. The molecule has 0 atom stereocenters. The molecule has 0 unspecified atom stereocenters. The maximum Gasteiger partial charge on any atom is 0.521 e. The lowest BCUT2D eigenvalue weighted by atomic mass is 9.78. The molecular weight excluding hydrogens is 1060 g/mol. The van der Waals surface area contributed by atoms with Crippen LogP contribution >= 0.6 is 0 Å². The average molecular weight is 1120 g/mol. The Labute approximate surface area is 488 Å². The third-order valence-corrected chi connectivity index (χ3v) is 12.5. The minimum atomic E-state index is -0.815. The Kier molecular flexibility index (Phi) is 22.0. The zero-order valence-electron chi connectivity index (χ0n) is 46.8. The van der Waals surface area contributed by atoms with Gasteiger partial charge in [-0.2, -0.15) is 0 Å².